The molecule has 2 aromatic heterocycles. The number of hydrogen-bond donors (Lipinski definition) is 1. The molecule has 6 rings (SSSR count). The number of piperazine rings is 1. The average molecular weight is 598 g/mol. The van der Waals surface area contributed by atoms with E-state index in [1.807, 2.05) is 42.6 Å². The Kier molecular flexibility index (Phi) is 8.34. The Balaban J connectivity index is 1.35. The lowest BCUT2D eigenvalue weighted by Gasteiger charge is -2.34. The highest BCUT2D eigenvalue weighted by Crippen LogP contribution is 2.32. The molecule has 0 aliphatic carbocycles. The second kappa shape index (κ2) is 12.3. The van der Waals surface area contributed by atoms with E-state index in [1.54, 1.807) is 15.9 Å². The van der Waals surface area contributed by atoms with Crippen LogP contribution >= 0.6 is 22.9 Å². The van der Waals surface area contributed by atoms with Gasteiger partial charge in [-0.25, -0.2) is 4.99 Å². The summed E-state index contributed by atoms with van der Waals surface area (Å²) in [5.41, 5.74) is 6.41. The Hall–Kier alpha value is -3.65. The lowest BCUT2D eigenvalue weighted by Crippen LogP contribution is -2.44. The second-order valence-corrected chi connectivity index (χ2v) is 12.2. The van der Waals surface area contributed by atoms with Gasteiger partial charge in [0.15, 0.2) is 0 Å². The molecule has 8 heteroatoms. The highest BCUT2D eigenvalue weighted by molar-refractivity contribution is 7.13. The number of aromatic nitrogens is 1. The molecule has 0 spiro atoms. The largest absolute Gasteiger partial charge is 0.369 e. The van der Waals surface area contributed by atoms with Gasteiger partial charge in [-0.05, 0) is 85.8 Å². The number of pyridine rings is 1. The molecule has 0 saturated carbocycles. The third kappa shape index (κ3) is 5.69. The highest BCUT2D eigenvalue weighted by Gasteiger charge is 2.17. The van der Waals surface area contributed by atoms with Gasteiger partial charge in [-0.2, -0.15) is 0 Å². The smallest absolute Gasteiger partial charge is 0.260 e. The Morgan fingerprint density at radius 2 is 1.76 bits per heavy atom. The summed E-state index contributed by atoms with van der Waals surface area (Å²) in [5.74, 6) is 0.813. The number of halogens is 1. The van der Waals surface area contributed by atoms with Crippen molar-refractivity contribution in [1.82, 2.24) is 9.47 Å². The number of nitrogens with zero attached hydrogens (tertiary/aromatic N) is 4. The molecule has 0 radical (unpaired) electrons. The number of benzene rings is 2. The lowest BCUT2D eigenvalue weighted by molar-refractivity contribution is 0.313. The summed E-state index contributed by atoms with van der Waals surface area (Å²) in [6.07, 6.45) is 3.79. The van der Waals surface area contributed by atoms with E-state index < -0.39 is 0 Å². The van der Waals surface area contributed by atoms with Crippen molar-refractivity contribution in [3.63, 3.8) is 0 Å². The van der Waals surface area contributed by atoms with E-state index in [0.717, 1.165) is 71.8 Å². The second-order valence-electron chi connectivity index (χ2n) is 10.8. The van der Waals surface area contributed by atoms with Gasteiger partial charge < -0.3 is 15.1 Å². The molecule has 42 heavy (non-hydrogen) atoms. The fourth-order valence-corrected chi connectivity index (χ4v) is 6.68. The summed E-state index contributed by atoms with van der Waals surface area (Å²) in [7, 11) is 2.17. The van der Waals surface area contributed by atoms with Crippen LogP contribution in [0.25, 0.3) is 27.6 Å². The molecule has 1 saturated heterocycles. The third-order valence-electron chi connectivity index (χ3n) is 8.22. The standard InChI is InChI=1S/C34H36ClN5OS/c1-4-23-8-9-25-21-29(28-15-10-24(22-30(28)35)31-7-6-20-42-31)34(41)40(5-2)33(25)37-32(23)36-26-11-13-27(14-12-26)39-18-16-38(3)17-19-39/h6-7,9-15,20-22,36H,4-5,8,16-19H2,1-3H3. The van der Waals surface area contributed by atoms with E-state index >= 15 is 0 Å². The van der Waals surface area contributed by atoms with Crippen LogP contribution in [-0.4, -0.2) is 42.7 Å². The molecule has 216 valence electrons. The Morgan fingerprint density at radius 3 is 2.43 bits per heavy atom. The molecule has 0 unspecified atom stereocenters. The maximum atomic E-state index is 13.9. The average Bonchev–Trinajstić information content (AvgIpc) is 3.49. The molecule has 1 N–H and O–H groups in total. The fraction of sp³-hybridized carbons (Fsp3) is 0.294. The number of nitrogens with one attached hydrogen (secondary N) is 1. The van der Waals surface area contributed by atoms with Crippen LogP contribution < -0.4 is 26.5 Å². The van der Waals surface area contributed by atoms with Crippen LogP contribution in [0.15, 0.2) is 87.2 Å². The Morgan fingerprint density at radius 1 is 0.976 bits per heavy atom. The molecule has 1 fully saturated rings. The summed E-state index contributed by atoms with van der Waals surface area (Å²) in [4.78, 5) is 24.9. The number of rotatable bonds is 7. The molecule has 4 heterocycles. The van der Waals surface area contributed by atoms with Crippen molar-refractivity contribution in [2.24, 2.45) is 4.99 Å². The molecular formula is C34H36ClN5OS. The summed E-state index contributed by atoms with van der Waals surface area (Å²) in [6.45, 7) is 8.88. The van der Waals surface area contributed by atoms with Crippen molar-refractivity contribution in [3.8, 4) is 21.6 Å². The third-order valence-corrected chi connectivity index (χ3v) is 9.45. The van der Waals surface area contributed by atoms with Gasteiger partial charge in [0.25, 0.3) is 5.56 Å². The van der Waals surface area contributed by atoms with Gasteiger partial charge in [0.05, 0.1) is 0 Å². The van der Waals surface area contributed by atoms with Gasteiger partial charge in [0.2, 0.25) is 0 Å². The zero-order valence-electron chi connectivity index (χ0n) is 24.4. The van der Waals surface area contributed by atoms with Crippen molar-refractivity contribution in [2.75, 3.05) is 43.4 Å². The van der Waals surface area contributed by atoms with Gasteiger partial charge in [-0.1, -0.05) is 42.8 Å². The van der Waals surface area contributed by atoms with Crippen LogP contribution in [-0.2, 0) is 6.54 Å². The number of allylic oxidation sites excluding steroid dienone is 1. The van der Waals surface area contributed by atoms with Gasteiger partial charge in [-0.3, -0.25) is 9.36 Å². The first-order valence-corrected chi connectivity index (χ1v) is 15.9. The van der Waals surface area contributed by atoms with E-state index in [2.05, 4.69) is 65.5 Å². The molecule has 4 aromatic rings. The van der Waals surface area contributed by atoms with Crippen LogP contribution in [0, 0.1) is 0 Å². The maximum Gasteiger partial charge on any atom is 0.260 e. The number of anilines is 2. The predicted octanol–water partition coefficient (Wildman–Crippen LogP) is 6.21. The zero-order chi connectivity index (χ0) is 29.2. The molecule has 2 aliphatic heterocycles. The highest BCUT2D eigenvalue weighted by atomic mass is 35.5. The molecule has 0 amide bonds. The molecular weight excluding hydrogens is 562 g/mol. The number of thiophene rings is 1. The number of likely N-dealkylation sites (N-methyl/N-ethyl adjacent to an activating group) is 1. The van der Waals surface area contributed by atoms with Crippen LogP contribution in [0.2, 0.25) is 5.02 Å². The maximum absolute atomic E-state index is 13.9. The van der Waals surface area contributed by atoms with E-state index in [9.17, 15) is 4.79 Å². The minimum atomic E-state index is -0.0880. The van der Waals surface area contributed by atoms with Gasteiger partial charge in [-0.15, -0.1) is 11.3 Å². The fourth-order valence-electron chi connectivity index (χ4n) is 5.67. The van der Waals surface area contributed by atoms with Crippen LogP contribution in [0.5, 0.6) is 0 Å². The lowest BCUT2D eigenvalue weighted by atomic mass is 10.0. The molecule has 6 nitrogen and oxygen atoms in total. The molecule has 0 atom stereocenters. The van der Waals surface area contributed by atoms with Crippen LogP contribution in [0.4, 0.5) is 11.4 Å². The van der Waals surface area contributed by atoms with E-state index in [-0.39, 0.29) is 5.56 Å². The number of fused-ring (bicyclic) bond motifs is 1. The predicted molar refractivity (Wildman–Crippen MR) is 177 cm³/mol. The normalized spacial score (nSPS) is 15.6. The van der Waals surface area contributed by atoms with E-state index in [0.29, 0.717) is 22.6 Å². The van der Waals surface area contributed by atoms with Crippen LogP contribution in [0.1, 0.15) is 26.7 Å². The van der Waals surface area contributed by atoms with Crippen molar-refractivity contribution < 1.29 is 0 Å². The van der Waals surface area contributed by atoms with Gasteiger partial charge in [0.1, 0.15) is 11.3 Å². The van der Waals surface area contributed by atoms with Crippen molar-refractivity contribution >= 4 is 40.4 Å². The first-order chi connectivity index (χ1) is 20.4. The molecule has 2 aliphatic rings. The summed E-state index contributed by atoms with van der Waals surface area (Å²) in [6, 6.07) is 20.6. The first kappa shape index (κ1) is 28.5. The minimum absolute atomic E-state index is 0.0880. The van der Waals surface area contributed by atoms with Gasteiger partial charge >= 0.3 is 0 Å². The van der Waals surface area contributed by atoms with Crippen LogP contribution in [0.3, 0.4) is 0 Å². The minimum Gasteiger partial charge on any atom is -0.369 e. The topological polar surface area (TPSA) is 52.9 Å². The van der Waals surface area contributed by atoms with Crippen molar-refractivity contribution in [2.45, 2.75) is 33.2 Å². The number of hydrogen-bond acceptors (Lipinski definition) is 6. The monoisotopic (exact) mass is 597 g/mol. The SMILES string of the molecule is CCC1=C(Nc2ccc(N3CCN(C)CC3)cc2)N=c2c(cc(-c3ccc(-c4cccs4)cc3Cl)c(=O)n2CC)=CC1. The zero-order valence-corrected chi connectivity index (χ0v) is 25.9. The summed E-state index contributed by atoms with van der Waals surface area (Å²) < 4.78 is 1.77. The Bertz CT molecular complexity index is 1800. The Labute approximate surface area is 255 Å². The summed E-state index contributed by atoms with van der Waals surface area (Å²) >= 11 is 8.46. The first-order valence-electron chi connectivity index (χ1n) is 14.6. The van der Waals surface area contributed by atoms with Crippen molar-refractivity contribution in [1.29, 1.82) is 0 Å². The van der Waals surface area contributed by atoms with Crippen molar-refractivity contribution in [3.05, 3.63) is 104 Å². The van der Waals surface area contributed by atoms with E-state index in [1.165, 1.54) is 11.3 Å². The molecule has 0 bridgehead atoms. The quantitative estimate of drug-likeness (QED) is 0.275. The van der Waals surface area contributed by atoms with E-state index in [4.69, 9.17) is 16.6 Å². The summed E-state index contributed by atoms with van der Waals surface area (Å²) in [5, 5.41) is 7.14. The molecule has 2 aromatic carbocycles. The van der Waals surface area contributed by atoms with Gasteiger partial charge in [0, 0.05) is 70.3 Å².